The van der Waals surface area contributed by atoms with E-state index in [4.69, 9.17) is 9.47 Å². The Hall–Kier alpha value is -0.0800. The average molecular weight is 144 g/mol. The SMILES string of the molecule is CO[C@]1(C)CCO[C@@H](C)C1. The number of ether oxygens (including phenoxy) is 2. The Bertz CT molecular complexity index is 114. The minimum atomic E-state index is 0.0671. The van der Waals surface area contributed by atoms with Gasteiger partial charge < -0.3 is 9.47 Å². The predicted octanol–water partition coefficient (Wildman–Crippen LogP) is 1.59. The van der Waals surface area contributed by atoms with E-state index in [9.17, 15) is 0 Å². The first kappa shape index (κ1) is 8.02. The molecule has 1 aliphatic rings. The number of rotatable bonds is 1. The van der Waals surface area contributed by atoms with Crippen LogP contribution in [-0.2, 0) is 9.47 Å². The summed E-state index contributed by atoms with van der Waals surface area (Å²) in [7, 11) is 1.78. The van der Waals surface area contributed by atoms with Gasteiger partial charge in [0.1, 0.15) is 0 Å². The van der Waals surface area contributed by atoms with Gasteiger partial charge in [0.05, 0.1) is 11.7 Å². The summed E-state index contributed by atoms with van der Waals surface area (Å²) in [5.41, 5.74) is 0.0671. The summed E-state index contributed by atoms with van der Waals surface area (Å²) >= 11 is 0. The van der Waals surface area contributed by atoms with Crippen molar-refractivity contribution < 1.29 is 9.47 Å². The van der Waals surface area contributed by atoms with Crippen LogP contribution in [0.5, 0.6) is 0 Å². The van der Waals surface area contributed by atoms with E-state index in [1.54, 1.807) is 7.11 Å². The molecule has 1 rings (SSSR count). The fourth-order valence-electron chi connectivity index (χ4n) is 1.43. The van der Waals surface area contributed by atoms with Crippen LogP contribution in [0.2, 0.25) is 0 Å². The lowest BCUT2D eigenvalue weighted by Gasteiger charge is -2.35. The van der Waals surface area contributed by atoms with E-state index in [2.05, 4.69) is 13.8 Å². The predicted molar refractivity (Wildman–Crippen MR) is 40.1 cm³/mol. The molecule has 1 fully saturated rings. The average Bonchev–Trinajstić information content (AvgIpc) is 1.88. The van der Waals surface area contributed by atoms with E-state index in [1.807, 2.05) is 0 Å². The minimum Gasteiger partial charge on any atom is -0.378 e. The molecule has 0 amide bonds. The Morgan fingerprint density at radius 1 is 1.60 bits per heavy atom. The summed E-state index contributed by atoms with van der Waals surface area (Å²) in [4.78, 5) is 0. The summed E-state index contributed by atoms with van der Waals surface area (Å²) in [6.45, 7) is 5.08. The van der Waals surface area contributed by atoms with Gasteiger partial charge in [0.15, 0.2) is 0 Å². The summed E-state index contributed by atoms with van der Waals surface area (Å²) in [5, 5.41) is 0. The van der Waals surface area contributed by atoms with Crippen LogP contribution in [0.25, 0.3) is 0 Å². The second-order valence-corrected chi connectivity index (χ2v) is 3.29. The van der Waals surface area contributed by atoms with Crippen LogP contribution in [0.4, 0.5) is 0 Å². The monoisotopic (exact) mass is 144 g/mol. The molecule has 0 aromatic heterocycles. The van der Waals surface area contributed by atoms with Crippen molar-refractivity contribution in [2.24, 2.45) is 0 Å². The Labute approximate surface area is 62.5 Å². The molecule has 2 nitrogen and oxygen atoms in total. The van der Waals surface area contributed by atoms with Crippen LogP contribution in [0.1, 0.15) is 26.7 Å². The van der Waals surface area contributed by atoms with E-state index >= 15 is 0 Å². The Kier molecular flexibility index (Phi) is 2.32. The molecule has 0 aromatic rings. The van der Waals surface area contributed by atoms with Gasteiger partial charge in [-0.15, -0.1) is 0 Å². The molecule has 0 aliphatic carbocycles. The fourth-order valence-corrected chi connectivity index (χ4v) is 1.43. The Balaban J connectivity index is 2.45. The molecule has 0 N–H and O–H groups in total. The second-order valence-electron chi connectivity index (χ2n) is 3.29. The molecule has 0 aromatic carbocycles. The maximum Gasteiger partial charge on any atom is 0.0697 e. The molecule has 60 valence electrons. The molecule has 2 heteroatoms. The van der Waals surface area contributed by atoms with Gasteiger partial charge in [-0.3, -0.25) is 0 Å². The van der Waals surface area contributed by atoms with E-state index in [1.165, 1.54) is 0 Å². The van der Waals surface area contributed by atoms with Gasteiger partial charge in [-0.05, 0) is 20.3 Å². The molecule has 1 aliphatic heterocycles. The lowest BCUT2D eigenvalue weighted by Crippen LogP contribution is -2.38. The zero-order chi connectivity index (χ0) is 7.61. The van der Waals surface area contributed by atoms with Crippen LogP contribution < -0.4 is 0 Å². The first-order chi connectivity index (χ1) is 4.66. The smallest absolute Gasteiger partial charge is 0.0697 e. The van der Waals surface area contributed by atoms with Crippen molar-refractivity contribution in [1.29, 1.82) is 0 Å². The first-order valence-corrected chi connectivity index (χ1v) is 3.83. The van der Waals surface area contributed by atoms with Crippen LogP contribution in [0.3, 0.4) is 0 Å². The molecule has 0 radical (unpaired) electrons. The van der Waals surface area contributed by atoms with Gasteiger partial charge in [0, 0.05) is 20.1 Å². The highest BCUT2D eigenvalue weighted by molar-refractivity contribution is 4.80. The van der Waals surface area contributed by atoms with Gasteiger partial charge in [-0.2, -0.15) is 0 Å². The van der Waals surface area contributed by atoms with Crippen molar-refractivity contribution in [2.75, 3.05) is 13.7 Å². The van der Waals surface area contributed by atoms with Crippen molar-refractivity contribution in [3.63, 3.8) is 0 Å². The molecule has 0 saturated carbocycles. The molecule has 0 bridgehead atoms. The van der Waals surface area contributed by atoms with Gasteiger partial charge in [0.25, 0.3) is 0 Å². The van der Waals surface area contributed by atoms with E-state index < -0.39 is 0 Å². The Morgan fingerprint density at radius 3 is 2.70 bits per heavy atom. The normalized spacial score (nSPS) is 41.7. The van der Waals surface area contributed by atoms with Crippen LogP contribution in [0, 0.1) is 0 Å². The van der Waals surface area contributed by atoms with Gasteiger partial charge in [-0.25, -0.2) is 0 Å². The van der Waals surface area contributed by atoms with E-state index in [0.29, 0.717) is 6.10 Å². The number of methoxy groups -OCH3 is 1. The molecule has 1 heterocycles. The highest BCUT2D eigenvalue weighted by Gasteiger charge is 2.30. The molecular weight excluding hydrogens is 128 g/mol. The fraction of sp³-hybridized carbons (Fsp3) is 1.00. The third-order valence-electron chi connectivity index (χ3n) is 2.25. The zero-order valence-corrected chi connectivity index (χ0v) is 7.02. The highest BCUT2D eigenvalue weighted by atomic mass is 16.5. The van der Waals surface area contributed by atoms with Crippen LogP contribution in [0.15, 0.2) is 0 Å². The summed E-state index contributed by atoms with van der Waals surface area (Å²) in [5.74, 6) is 0. The number of hydrogen-bond acceptors (Lipinski definition) is 2. The van der Waals surface area contributed by atoms with Crippen molar-refractivity contribution >= 4 is 0 Å². The first-order valence-electron chi connectivity index (χ1n) is 3.83. The summed E-state index contributed by atoms with van der Waals surface area (Å²) in [6.07, 6.45) is 2.40. The lowest BCUT2D eigenvalue weighted by molar-refractivity contribution is -0.107. The topological polar surface area (TPSA) is 18.5 Å². The largest absolute Gasteiger partial charge is 0.378 e. The van der Waals surface area contributed by atoms with Gasteiger partial charge in [-0.1, -0.05) is 0 Å². The van der Waals surface area contributed by atoms with Gasteiger partial charge >= 0.3 is 0 Å². The van der Waals surface area contributed by atoms with Crippen molar-refractivity contribution in [1.82, 2.24) is 0 Å². The highest BCUT2D eigenvalue weighted by Crippen LogP contribution is 2.26. The molecular formula is C8H16O2. The van der Waals surface area contributed by atoms with E-state index in [0.717, 1.165) is 19.4 Å². The molecule has 2 atom stereocenters. The third kappa shape index (κ3) is 1.70. The molecule has 0 unspecified atom stereocenters. The Morgan fingerprint density at radius 2 is 2.30 bits per heavy atom. The molecule has 10 heavy (non-hydrogen) atoms. The number of hydrogen-bond donors (Lipinski definition) is 0. The van der Waals surface area contributed by atoms with Crippen LogP contribution >= 0.6 is 0 Å². The second kappa shape index (κ2) is 2.89. The van der Waals surface area contributed by atoms with E-state index in [-0.39, 0.29) is 5.60 Å². The molecule has 1 saturated heterocycles. The van der Waals surface area contributed by atoms with Gasteiger partial charge in [0.2, 0.25) is 0 Å². The van der Waals surface area contributed by atoms with Crippen molar-refractivity contribution in [3.05, 3.63) is 0 Å². The van der Waals surface area contributed by atoms with Crippen molar-refractivity contribution in [3.8, 4) is 0 Å². The quantitative estimate of drug-likeness (QED) is 0.556. The summed E-state index contributed by atoms with van der Waals surface area (Å²) in [6, 6.07) is 0. The lowest BCUT2D eigenvalue weighted by atomic mass is 9.93. The van der Waals surface area contributed by atoms with Crippen molar-refractivity contribution in [2.45, 2.75) is 38.4 Å². The maximum absolute atomic E-state index is 5.40. The zero-order valence-electron chi connectivity index (χ0n) is 7.02. The summed E-state index contributed by atoms with van der Waals surface area (Å²) < 4.78 is 10.8. The molecule has 0 spiro atoms. The minimum absolute atomic E-state index is 0.0671. The van der Waals surface area contributed by atoms with Crippen LogP contribution in [-0.4, -0.2) is 25.4 Å². The third-order valence-corrected chi connectivity index (χ3v) is 2.25. The maximum atomic E-state index is 5.40. The standard InChI is InChI=1S/C8H16O2/c1-7-6-8(2,9-3)4-5-10-7/h7H,4-6H2,1-3H3/t7-,8+/m0/s1.